The van der Waals surface area contributed by atoms with Gasteiger partial charge in [0, 0.05) is 51.0 Å². The maximum atomic E-state index is 11.3. The molecule has 1 saturated heterocycles. The van der Waals surface area contributed by atoms with Crippen LogP contribution in [0.5, 0.6) is 0 Å². The van der Waals surface area contributed by atoms with Crippen molar-refractivity contribution in [1.29, 1.82) is 0 Å². The Morgan fingerprint density at radius 1 is 1.40 bits per heavy atom. The summed E-state index contributed by atoms with van der Waals surface area (Å²) in [5.41, 5.74) is 0.677. The molecule has 0 aliphatic carbocycles. The van der Waals surface area contributed by atoms with E-state index in [-0.39, 0.29) is 6.04 Å². The van der Waals surface area contributed by atoms with Gasteiger partial charge >= 0.3 is 0 Å². The molecule has 2 rings (SSSR count). The highest BCUT2D eigenvalue weighted by molar-refractivity contribution is 5.53. The maximum Gasteiger partial charge on any atom is 0.123 e. The van der Waals surface area contributed by atoms with E-state index >= 15 is 0 Å². The minimum atomic E-state index is -0.430. The lowest BCUT2D eigenvalue weighted by molar-refractivity contribution is -0.112. The van der Waals surface area contributed by atoms with Crippen LogP contribution in [-0.4, -0.2) is 48.4 Å². The molecule has 1 aromatic heterocycles. The summed E-state index contributed by atoms with van der Waals surface area (Å²) in [5, 5.41) is 6.98. The quantitative estimate of drug-likeness (QED) is 0.750. The van der Waals surface area contributed by atoms with Crippen molar-refractivity contribution in [2.75, 3.05) is 26.2 Å². The molecule has 1 aliphatic heterocycles. The largest absolute Gasteiger partial charge is 0.314 e. The van der Waals surface area contributed by atoms with Crippen LogP contribution in [0.4, 0.5) is 0 Å². The molecule has 0 amide bonds. The molecule has 0 saturated carbocycles. The summed E-state index contributed by atoms with van der Waals surface area (Å²) < 4.78 is 0. The third-order valence-electron chi connectivity index (χ3n) is 3.72. The monoisotopic (exact) mass is 276 g/mol. The number of nitrogens with one attached hydrogen (secondary N) is 2. The van der Waals surface area contributed by atoms with Crippen molar-refractivity contribution in [1.82, 2.24) is 20.5 Å². The average molecular weight is 276 g/mol. The summed E-state index contributed by atoms with van der Waals surface area (Å²) in [6.45, 7) is 7.98. The molecule has 1 aromatic rings. The second-order valence-corrected chi connectivity index (χ2v) is 5.50. The van der Waals surface area contributed by atoms with Crippen LogP contribution < -0.4 is 10.6 Å². The minimum absolute atomic E-state index is 0.290. The zero-order valence-corrected chi connectivity index (χ0v) is 12.3. The molecule has 1 unspecified atom stereocenters. The molecule has 110 valence electrons. The van der Waals surface area contributed by atoms with Crippen molar-refractivity contribution in [3.63, 3.8) is 0 Å². The summed E-state index contributed by atoms with van der Waals surface area (Å²) in [4.78, 5) is 17.8. The van der Waals surface area contributed by atoms with Gasteiger partial charge in [0.1, 0.15) is 11.9 Å². The molecule has 0 aromatic carbocycles. The number of pyridine rings is 1. The number of carbonyl (C=O) groups excluding carboxylic acids is 1. The van der Waals surface area contributed by atoms with Gasteiger partial charge in [0.05, 0.1) is 0 Å². The van der Waals surface area contributed by atoms with E-state index in [9.17, 15) is 4.79 Å². The van der Waals surface area contributed by atoms with Gasteiger partial charge in [-0.15, -0.1) is 0 Å². The van der Waals surface area contributed by atoms with Gasteiger partial charge in [-0.3, -0.25) is 15.2 Å². The first-order valence-electron chi connectivity index (χ1n) is 7.26. The zero-order chi connectivity index (χ0) is 14.4. The number of rotatable bonds is 6. The summed E-state index contributed by atoms with van der Waals surface area (Å²) in [6, 6.07) is 4.29. The normalized spacial score (nSPS) is 19.8. The molecule has 1 fully saturated rings. The average Bonchev–Trinajstić information content (AvgIpc) is 2.48. The molecule has 5 heteroatoms. The van der Waals surface area contributed by atoms with E-state index in [1.165, 1.54) is 0 Å². The van der Waals surface area contributed by atoms with E-state index in [4.69, 9.17) is 0 Å². The third kappa shape index (κ3) is 3.23. The van der Waals surface area contributed by atoms with Crippen molar-refractivity contribution >= 4 is 6.29 Å². The minimum Gasteiger partial charge on any atom is -0.314 e. The highest BCUT2D eigenvalue weighted by Gasteiger charge is 2.39. The number of aromatic nitrogens is 1. The predicted molar refractivity (Wildman–Crippen MR) is 79.3 cm³/mol. The molecular weight excluding hydrogens is 252 g/mol. The molecule has 1 aliphatic rings. The number of piperazine rings is 1. The van der Waals surface area contributed by atoms with Gasteiger partial charge in [-0.2, -0.15) is 0 Å². The summed E-state index contributed by atoms with van der Waals surface area (Å²) >= 11 is 0. The van der Waals surface area contributed by atoms with Gasteiger partial charge in [0.25, 0.3) is 0 Å². The highest BCUT2D eigenvalue weighted by atomic mass is 16.1. The Morgan fingerprint density at radius 3 is 2.60 bits per heavy atom. The van der Waals surface area contributed by atoms with Crippen LogP contribution in [0.1, 0.15) is 25.8 Å². The first-order valence-corrected chi connectivity index (χ1v) is 7.26. The molecule has 0 bridgehead atoms. The van der Waals surface area contributed by atoms with Crippen LogP contribution in [0.2, 0.25) is 0 Å². The number of nitrogens with zero attached hydrogens (tertiary/aromatic N) is 2. The number of hydrogen-bond donors (Lipinski definition) is 2. The lowest BCUT2D eigenvalue weighted by Gasteiger charge is -2.47. The molecule has 2 heterocycles. The second-order valence-electron chi connectivity index (χ2n) is 5.50. The van der Waals surface area contributed by atoms with Gasteiger partial charge in [0.2, 0.25) is 0 Å². The topological polar surface area (TPSA) is 57.3 Å². The fourth-order valence-electron chi connectivity index (χ4n) is 2.94. The Bertz CT molecular complexity index is 417. The van der Waals surface area contributed by atoms with Crippen molar-refractivity contribution in [3.05, 3.63) is 30.1 Å². The maximum absolute atomic E-state index is 11.3. The van der Waals surface area contributed by atoms with Crippen LogP contribution >= 0.6 is 0 Å². The van der Waals surface area contributed by atoms with Gasteiger partial charge in [-0.05, 0) is 31.5 Å². The van der Waals surface area contributed by atoms with E-state index in [1.54, 1.807) is 12.4 Å². The van der Waals surface area contributed by atoms with E-state index in [2.05, 4.69) is 34.4 Å². The summed E-state index contributed by atoms with van der Waals surface area (Å²) in [5.74, 6) is 0. The molecule has 2 N–H and O–H groups in total. The van der Waals surface area contributed by atoms with Crippen LogP contribution in [0.15, 0.2) is 24.5 Å². The summed E-state index contributed by atoms with van der Waals surface area (Å²) in [7, 11) is 0. The molecule has 1 atom stereocenters. The van der Waals surface area contributed by atoms with Gasteiger partial charge in [-0.1, -0.05) is 0 Å². The molecule has 20 heavy (non-hydrogen) atoms. The van der Waals surface area contributed by atoms with Crippen molar-refractivity contribution in [2.45, 2.75) is 32.0 Å². The van der Waals surface area contributed by atoms with Crippen LogP contribution in [-0.2, 0) is 10.5 Å². The Morgan fingerprint density at radius 2 is 2.05 bits per heavy atom. The lowest BCUT2D eigenvalue weighted by Crippen LogP contribution is -2.62. The Balaban J connectivity index is 2.40. The van der Waals surface area contributed by atoms with Crippen LogP contribution in [0, 0.1) is 0 Å². The summed E-state index contributed by atoms with van der Waals surface area (Å²) in [6.07, 6.45) is 5.03. The van der Waals surface area contributed by atoms with Gasteiger partial charge < -0.3 is 10.1 Å². The molecule has 0 spiro atoms. The molecular formula is C15H24N4O. The first-order chi connectivity index (χ1) is 9.69. The van der Waals surface area contributed by atoms with Gasteiger partial charge in [0.15, 0.2) is 0 Å². The molecule has 5 nitrogen and oxygen atoms in total. The van der Waals surface area contributed by atoms with Gasteiger partial charge in [-0.25, -0.2) is 0 Å². The first kappa shape index (κ1) is 15.1. The van der Waals surface area contributed by atoms with Crippen molar-refractivity contribution < 1.29 is 4.79 Å². The Kier molecular flexibility index (Phi) is 5.23. The lowest BCUT2D eigenvalue weighted by atomic mass is 9.93. The number of carbonyl (C=O) groups is 1. The number of hydrogen-bond acceptors (Lipinski definition) is 5. The third-order valence-corrected chi connectivity index (χ3v) is 3.72. The van der Waals surface area contributed by atoms with E-state index < -0.39 is 5.66 Å². The zero-order valence-electron chi connectivity index (χ0n) is 12.3. The van der Waals surface area contributed by atoms with Crippen molar-refractivity contribution in [2.24, 2.45) is 0 Å². The highest BCUT2D eigenvalue weighted by Crippen LogP contribution is 2.29. The Hall–Kier alpha value is -1.30. The van der Waals surface area contributed by atoms with E-state index in [0.29, 0.717) is 6.42 Å². The predicted octanol–water partition coefficient (Wildman–Crippen LogP) is 0.727. The smallest absolute Gasteiger partial charge is 0.123 e. The Labute approximate surface area is 120 Å². The van der Waals surface area contributed by atoms with Crippen LogP contribution in [0.3, 0.4) is 0 Å². The fourth-order valence-corrected chi connectivity index (χ4v) is 2.94. The second kappa shape index (κ2) is 6.92. The fraction of sp³-hybridized carbons (Fsp3) is 0.600. The van der Waals surface area contributed by atoms with E-state index in [1.807, 2.05) is 12.1 Å². The number of aldehydes is 1. The SMILES string of the molecule is CC(C)NC(CC=O)(c1ccncc1)N1CCNCC1. The van der Waals surface area contributed by atoms with Crippen LogP contribution in [0.25, 0.3) is 0 Å². The van der Waals surface area contributed by atoms with E-state index in [0.717, 1.165) is 38.0 Å². The standard InChI is InChI=1S/C15H24N4O/c1-13(2)18-15(5-12-20,14-3-6-16-7-4-14)19-10-8-17-9-11-19/h3-4,6-7,12-13,17-18H,5,8-11H2,1-2H3. The van der Waals surface area contributed by atoms with Crippen molar-refractivity contribution in [3.8, 4) is 0 Å². The molecule has 0 radical (unpaired) electrons.